The minimum atomic E-state index is -0.482. The molecular weight excluding hydrogens is 372 g/mol. The number of carbonyl (C=O) groups is 1. The fourth-order valence-corrected chi connectivity index (χ4v) is 3.98. The van der Waals surface area contributed by atoms with Crippen molar-refractivity contribution in [3.8, 4) is 6.07 Å². The number of amides is 1. The van der Waals surface area contributed by atoms with Gasteiger partial charge in [0.05, 0.1) is 27.4 Å². The zero-order valence-electron chi connectivity index (χ0n) is 15.3. The Kier molecular flexibility index (Phi) is 4.88. The van der Waals surface area contributed by atoms with Gasteiger partial charge in [-0.15, -0.1) is 0 Å². The zero-order valence-corrected chi connectivity index (χ0v) is 16.1. The Morgan fingerprint density at radius 3 is 2.71 bits per heavy atom. The first kappa shape index (κ1) is 18.3. The highest BCUT2D eigenvalue weighted by Gasteiger charge is 2.30. The van der Waals surface area contributed by atoms with Crippen LogP contribution in [0.2, 0.25) is 0 Å². The number of anilines is 1. The van der Waals surface area contributed by atoms with Crippen LogP contribution in [0.1, 0.15) is 31.4 Å². The lowest BCUT2D eigenvalue weighted by Gasteiger charge is -2.16. The minimum Gasteiger partial charge on any atom is -0.324 e. The molecule has 0 aliphatic heterocycles. The lowest BCUT2D eigenvalue weighted by Crippen LogP contribution is -2.26. The predicted molar refractivity (Wildman–Crippen MR) is 109 cm³/mol. The molecule has 1 amide bonds. The maximum atomic E-state index is 12.9. The molecule has 1 fully saturated rings. The van der Waals surface area contributed by atoms with E-state index in [1.807, 2.05) is 18.2 Å². The molecule has 1 atom stereocenters. The molecule has 1 saturated carbocycles. The first-order chi connectivity index (χ1) is 13.6. The highest BCUT2D eigenvalue weighted by Crippen LogP contribution is 2.37. The molecule has 140 valence electrons. The van der Waals surface area contributed by atoms with Crippen molar-refractivity contribution in [2.75, 3.05) is 5.32 Å². The number of aromatic nitrogens is 2. The number of benzene rings is 2. The van der Waals surface area contributed by atoms with Crippen molar-refractivity contribution in [2.24, 2.45) is 0 Å². The Morgan fingerprint density at radius 2 is 1.96 bits per heavy atom. The van der Waals surface area contributed by atoms with Crippen LogP contribution in [0, 0.1) is 11.3 Å². The summed E-state index contributed by atoms with van der Waals surface area (Å²) in [6.45, 7) is 1.77. The monoisotopic (exact) mass is 390 g/mol. The number of hydrogen-bond donors (Lipinski definition) is 1. The Labute approximate surface area is 166 Å². The van der Waals surface area contributed by atoms with Crippen LogP contribution < -0.4 is 10.9 Å². The fourth-order valence-electron chi connectivity index (χ4n) is 3.00. The van der Waals surface area contributed by atoms with Gasteiger partial charge in [0.1, 0.15) is 6.07 Å². The third-order valence-corrected chi connectivity index (χ3v) is 5.71. The van der Waals surface area contributed by atoms with Gasteiger partial charge in [-0.1, -0.05) is 36.0 Å². The molecular formula is C21H18N4O2S. The van der Waals surface area contributed by atoms with Gasteiger partial charge in [0.2, 0.25) is 5.91 Å². The smallest absolute Gasteiger partial charge is 0.262 e. The van der Waals surface area contributed by atoms with Gasteiger partial charge in [0.25, 0.3) is 5.56 Å². The third-order valence-electron chi connectivity index (χ3n) is 4.64. The highest BCUT2D eigenvalue weighted by atomic mass is 32.2. The molecule has 7 heteroatoms. The largest absolute Gasteiger partial charge is 0.324 e. The lowest BCUT2D eigenvalue weighted by molar-refractivity contribution is -0.115. The molecule has 1 aromatic heterocycles. The van der Waals surface area contributed by atoms with Crippen LogP contribution >= 0.6 is 11.8 Å². The third kappa shape index (κ3) is 3.51. The number of rotatable bonds is 5. The molecule has 1 aliphatic carbocycles. The van der Waals surface area contributed by atoms with E-state index in [9.17, 15) is 14.9 Å². The average Bonchev–Trinajstić information content (AvgIpc) is 3.53. The van der Waals surface area contributed by atoms with Crippen molar-refractivity contribution in [1.82, 2.24) is 9.55 Å². The fraction of sp³-hybridized carbons (Fsp3) is 0.238. The molecule has 6 nitrogen and oxygen atoms in total. The maximum absolute atomic E-state index is 12.9. The van der Waals surface area contributed by atoms with Crippen molar-refractivity contribution in [3.05, 3.63) is 64.4 Å². The molecule has 1 aliphatic rings. The Bertz CT molecular complexity index is 1160. The molecule has 3 aromatic rings. The Hall–Kier alpha value is -3.11. The maximum Gasteiger partial charge on any atom is 0.262 e. The van der Waals surface area contributed by atoms with E-state index >= 15 is 0 Å². The molecule has 4 rings (SSSR count). The van der Waals surface area contributed by atoms with Crippen LogP contribution in [0.5, 0.6) is 0 Å². The molecule has 0 saturated heterocycles. The van der Waals surface area contributed by atoms with Crippen molar-refractivity contribution < 1.29 is 4.79 Å². The van der Waals surface area contributed by atoms with Gasteiger partial charge in [-0.3, -0.25) is 14.2 Å². The predicted octanol–water partition coefficient (Wildman–Crippen LogP) is 3.72. The van der Waals surface area contributed by atoms with E-state index in [1.54, 1.807) is 41.8 Å². The molecule has 0 bridgehead atoms. The van der Waals surface area contributed by atoms with Crippen LogP contribution in [0.15, 0.2) is 58.5 Å². The molecule has 0 radical (unpaired) electrons. The topological polar surface area (TPSA) is 87.8 Å². The summed E-state index contributed by atoms with van der Waals surface area (Å²) in [5.41, 5.74) is 1.47. The van der Waals surface area contributed by atoms with E-state index in [2.05, 4.69) is 16.4 Å². The van der Waals surface area contributed by atoms with Gasteiger partial charge in [0, 0.05) is 6.04 Å². The SMILES string of the molecule is CC(Sc1nc2ccccc2c(=O)n1C1CC1)C(=O)Nc1ccccc1C#N. The number of para-hydroxylation sites is 2. The van der Waals surface area contributed by atoms with Gasteiger partial charge in [0.15, 0.2) is 5.16 Å². The zero-order chi connectivity index (χ0) is 19.7. The van der Waals surface area contributed by atoms with E-state index in [4.69, 9.17) is 0 Å². The van der Waals surface area contributed by atoms with E-state index < -0.39 is 5.25 Å². The van der Waals surface area contributed by atoms with Gasteiger partial charge in [-0.2, -0.15) is 5.26 Å². The van der Waals surface area contributed by atoms with Crippen LogP contribution in [0.3, 0.4) is 0 Å². The number of thioether (sulfide) groups is 1. The number of fused-ring (bicyclic) bond motifs is 1. The molecule has 28 heavy (non-hydrogen) atoms. The first-order valence-corrected chi connectivity index (χ1v) is 9.94. The summed E-state index contributed by atoms with van der Waals surface area (Å²) >= 11 is 1.27. The van der Waals surface area contributed by atoms with Crippen molar-refractivity contribution >= 4 is 34.3 Å². The summed E-state index contributed by atoms with van der Waals surface area (Å²) in [6.07, 6.45) is 1.90. The van der Waals surface area contributed by atoms with Gasteiger partial charge >= 0.3 is 0 Å². The van der Waals surface area contributed by atoms with Crippen LogP contribution in [-0.4, -0.2) is 20.7 Å². The number of nitrogens with one attached hydrogen (secondary N) is 1. The first-order valence-electron chi connectivity index (χ1n) is 9.06. The summed E-state index contributed by atoms with van der Waals surface area (Å²) in [5, 5.41) is 12.7. The molecule has 0 spiro atoms. The van der Waals surface area contributed by atoms with Crippen LogP contribution in [-0.2, 0) is 4.79 Å². The lowest BCUT2D eigenvalue weighted by atomic mass is 10.2. The van der Waals surface area contributed by atoms with Gasteiger partial charge in [-0.05, 0) is 44.0 Å². The summed E-state index contributed by atoms with van der Waals surface area (Å²) in [6, 6.07) is 16.4. The van der Waals surface area contributed by atoms with Crippen LogP contribution in [0.25, 0.3) is 10.9 Å². The van der Waals surface area contributed by atoms with Gasteiger partial charge in [-0.25, -0.2) is 4.98 Å². The average molecular weight is 390 g/mol. The standard InChI is InChI=1S/C21H18N4O2S/c1-13(19(26)23-17-8-4-2-6-14(17)12-22)28-21-24-18-9-5-3-7-16(18)20(27)25(21)15-10-11-15/h2-9,13,15H,10-11H2,1H3,(H,23,26). The van der Waals surface area contributed by atoms with Crippen molar-refractivity contribution in [2.45, 2.75) is 36.2 Å². The van der Waals surface area contributed by atoms with Crippen molar-refractivity contribution in [3.63, 3.8) is 0 Å². The molecule has 1 heterocycles. The van der Waals surface area contributed by atoms with E-state index in [0.29, 0.717) is 27.3 Å². The van der Waals surface area contributed by atoms with Crippen LogP contribution in [0.4, 0.5) is 5.69 Å². The summed E-state index contributed by atoms with van der Waals surface area (Å²) < 4.78 is 1.72. The Morgan fingerprint density at radius 1 is 1.25 bits per heavy atom. The normalized spacial score (nSPS) is 14.4. The van der Waals surface area contributed by atoms with Gasteiger partial charge < -0.3 is 5.32 Å². The van der Waals surface area contributed by atoms with E-state index in [0.717, 1.165) is 12.8 Å². The second-order valence-corrected chi connectivity index (χ2v) is 8.03. The molecule has 1 N–H and O–H groups in total. The highest BCUT2D eigenvalue weighted by molar-refractivity contribution is 8.00. The number of nitriles is 1. The second-order valence-electron chi connectivity index (χ2n) is 6.72. The molecule has 1 unspecified atom stereocenters. The second kappa shape index (κ2) is 7.49. The number of carbonyl (C=O) groups excluding carboxylic acids is 1. The Balaban J connectivity index is 1.62. The number of nitrogens with zero attached hydrogens (tertiary/aromatic N) is 3. The number of hydrogen-bond acceptors (Lipinski definition) is 5. The minimum absolute atomic E-state index is 0.0574. The van der Waals surface area contributed by atoms with E-state index in [-0.39, 0.29) is 17.5 Å². The van der Waals surface area contributed by atoms with Crippen molar-refractivity contribution in [1.29, 1.82) is 5.26 Å². The molecule has 2 aromatic carbocycles. The van der Waals surface area contributed by atoms with E-state index in [1.165, 1.54) is 11.8 Å². The summed E-state index contributed by atoms with van der Waals surface area (Å²) in [7, 11) is 0. The summed E-state index contributed by atoms with van der Waals surface area (Å²) in [4.78, 5) is 30.3. The summed E-state index contributed by atoms with van der Waals surface area (Å²) in [5.74, 6) is -0.238. The quantitative estimate of drug-likeness (QED) is 0.530.